The minimum absolute atomic E-state index is 0.829. The molecule has 144 valence electrons. The van der Waals surface area contributed by atoms with Crippen LogP contribution >= 0.6 is 0 Å². The summed E-state index contributed by atoms with van der Waals surface area (Å²) in [6.07, 6.45) is 17.8. The number of aryl methyl sites for hydroxylation is 2. The molecule has 2 aliphatic rings. The van der Waals surface area contributed by atoms with Crippen LogP contribution < -0.4 is 0 Å². The highest BCUT2D eigenvalue weighted by Crippen LogP contribution is 2.33. The van der Waals surface area contributed by atoms with Gasteiger partial charge in [0.05, 0.1) is 0 Å². The van der Waals surface area contributed by atoms with E-state index in [9.17, 15) is 0 Å². The fourth-order valence-electron chi connectivity index (χ4n) is 5.28. The molecule has 0 amide bonds. The summed E-state index contributed by atoms with van der Waals surface area (Å²) >= 11 is 0. The quantitative estimate of drug-likeness (QED) is 0.490. The molecule has 0 aliphatic heterocycles. The van der Waals surface area contributed by atoms with Crippen molar-refractivity contribution in [3.05, 3.63) is 70.8 Å². The Kier molecular flexibility index (Phi) is 6.67. The fraction of sp³-hybridized carbons (Fsp3) is 0.556. The number of hydrogen-bond donors (Lipinski definition) is 0. The standard InChI is InChI=1S/C27H36/c1-3-10-24(11-4-1)26-18-14-22(15-19-26)8-7-9-23-16-20-27(21-17-23)25-12-5-2-6-13-25/h14-21,24-25H,1-13H2. The highest BCUT2D eigenvalue weighted by atomic mass is 14.2. The average Bonchev–Trinajstić information content (AvgIpc) is 2.76. The minimum Gasteiger partial charge on any atom is -0.0588 e. The lowest BCUT2D eigenvalue weighted by Crippen LogP contribution is -2.04. The Morgan fingerprint density at radius 1 is 0.481 bits per heavy atom. The molecule has 0 aromatic heterocycles. The van der Waals surface area contributed by atoms with Crippen LogP contribution in [0, 0.1) is 0 Å². The van der Waals surface area contributed by atoms with Crippen LogP contribution in [0.2, 0.25) is 0 Å². The van der Waals surface area contributed by atoms with Crippen LogP contribution in [0.5, 0.6) is 0 Å². The van der Waals surface area contributed by atoms with Crippen LogP contribution in [0.4, 0.5) is 0 Å². The summed E-state index contributed by atoms with van der Waals surface area (Å²) in [4.78, 5) is 0. The van der Waals surface area contributed by atoms with E-state index in [0.717, 1.165) is 11.8 Å². The van der Waals surface area contributed by atoms with Crippen molar-refractivity contribution in [2.75, 3.05) is 0 Å². The van der Waals surface area contributed by atoms with Crippen molar-refractivity contribution < 1.29 is 0 Å². The van der Waals surface area contributed by atoms with E-state index in [4.69, 9.17) is 0 Å². The molecule has 4 rings (SSSR count). The van der Waals surface area contributed by atoms with Gasteiger partial charge in [0.25, 0.3) is 0 Å². The molecule has 0 saturated heterocycles. The number of benzene rings is 2. The van der Waals surface area contributed by atoms with Gasteiger partial charge in [-0.15, -0.1) is 0 Å². The van der Waals surface area contributed by atoms with Crippen LogP contribution in [0.25, 0.3) is 0 Å². The van der Waals surface area contributed by atoms with Crippen molar-refractivity contribution in [3.8, 4) is 0 Å². The third-order valence-corrected chi connectivity index (χ3v) is 7.04. The van der Waals surface area contributed by atoms with Gasteiger partial charge in [-0.1, -0.05) is 87.1 Å². The average molecular weight is 361 g/mol. The summed E-state index contributed by atoms with van der Waals surface area (Å²) in [5.74, 6) is 1.66. The lowest BCUT2D eigenvalue weighted by molar-refractivity contribution is 0.443. The van der Waals surface area contributed by atoms with E-state index in [1.807, 2.05) is 0 Å². The Bertz CT molecular complexity index is 605. The minimum atomic E-state index is 0.829. The second kappa shape index (κ2) is 9.58. The SMILES string of the molecule is c1cc(C2CCCCC2)ccc1CCCc1ccc(C2CCCCC2)cc1. The molecule has 0 N–H and O–H groups in total. The highest BCUT2D eigenvalue weighted by Gasteiger charge is 2.16. The Morgan fingerprint density at radius 2 is 0.852 bits per heavy atom. The third-order valence-electron chi connectivity index (χ3n) is 7.04. The summed E-state index contributed by atoms with van der Waals surface area (Å²) in [5, 5.41) is 0. The second-order valence-corrected chi connectivity index (χ2v) is 9.01. The molecule has 2 aliphatic carbocycles. The van der Waals surface area contributed by atoms with Crippen molar-refractivity contribution in [2.24, 2.45) is 0 Å². The molecule has 27 heavy (non-hydrogen) atoms. The van der Waals surface area contributed by atoms with Gasteiger partial charge < -0.3 is 0 Å². The van der Waals surface area contributed by atoms with E-state index < -0.39 is 0 Å². The Morgan fingerprint density at radius 3 is 1.22 bits per heavy atom. The van der Waals surface area contributed by atoms with E-state index in [1.165, 1.54) is 94.6 Å². The fourth-order valence-corrected chi connectivity index (χ4v) is 5.28. The molecular formula is C27H36. The first-order chi connectivity index (χ1) is 13.4. The molecule has 0 spiro atoms. The van der Waals surface area contributed by atoms with Gasteiger partial charge in [0, 0.05) is 0 Å². The summed E-state index contributed by atoms with van der Waals surface area (Å²) in [5.41, 5.74) is 6.18. The van der Waals surface area contributed by atoms with Crippen LogP contribution in [-0.4, -0.2) is 0 Å². The van der Waals surface area contributed by atoms with Crippen LogP contribution in [0.1, 0.15) is 105 Å². The Labute approximate surface area is 166 Å². The first-order valence-electron chi connectivity index (χ1n) is 11.6. The summed E-state index contributed by atoms with van der Waals surface area (Å²) in [7, 11) is 0. The van der Waals surface area contributed by atoms with Gasteiger partial charge in [-0.25, -0.2) is 0 Å². The first-order valence-corrected chi connectivity index (χ1v) is 11.6. The van der Waals surface area contributed by atoms with Crippen molar-refractivity contribution >= 4 is 0 Å². The number of hydrogen-bond acceptors (Lipinski definition) is 0. The topological polar surface area (TPSA) is 0 Å². The maximum atomic E-state index is 2.41. The monoisotopic (exact) mass is 360 g/mol. The van der Waals surface area contributed by atoms with Gasteiger partial charge in [0.2, 0.25) is 0 Å². The zero-order chi connectivity index (χ0) is 18.3. The largest absolute Gasteiger partial charge is 0.0588 e. The van der Waals surface area contributed by atoms with E-state index in [2.05, 4.69) is 48.5 Å². The summed E-state index contributed by atoms with van der Waals surface area (Å²) in [6.45, 7) is 0. The highest BCUT2D eigenvalue weighted by molar-refractivity contribution is 5.27. The molecule has 0 atom stereocenters. The first kappa shape index (κ1) is 18.8. The van der Waals surface area contributed by atoms with Crippen LogP contribution in [0.3, 0.4) is 0 Å². The molecule has 2 aromatic rings. The van der Waals surface area contributed by atoms with Crippen LogP contribution in [-0.2, 0) is 12.8 Å². The van der Waals surface area contributed by atoms with E-state index in [0.29, 0.717) is 0 Å². The van der Waals surface area contributed by atoms with Gasteiger partial charge in [0.1, 0.15) is 0 Å². The van der Waals surface area contributed by atoms with Crippen molar-refractivity contribution in [1.82, 2.24) is 0 Å². The predicted molar refractivity (Wildman–Crippen MR) is 117 cm³/mol. The Hall–Kier alpha value is -1.56. The molecule has 0 radical (unpaired) electrons. The van der Waals surface area contributed by atoms with Gasteiger partial charge in [-0.2, -0.15) is 0 Å². The summed E-state index contributed by atoms with van der Waals surface area (Å²) in [6, 6.07) is 19.2. The molecule has 0 unspecified atom stereocenters. The van der Waals surface area contributed by atoms with Gasteiger partial charge in [-0.3, -0.25) is 0 Å². The molecule has 2 saturated carbocycles. The second-order valence-electron chi connectivity index (χ2n) is 9.01. The molecule has 0 heterocycles. The smallest absolute Gasteiger partial charge is 0.0162 e. The Balaban J connectivity index is 1.24. The normalized spacial score (nSPS) is 19.3. The van der Waals surface area contributed by atoms with E-state index >= 15 is 0 Å². The van der Waals surface area contributed by atoms with Gasteiger partial charge >= 0.3 is 0 Å². The van der Waals surface area contributed by atoms with E-state index in [1.54, 1.807) is 11.1 Å². The molecule has 0 nitrogen and oxygen atoms in total. The molecular weight excluding hydrogens is 324 g/mol. The van der Waals surface area contributed by atoms with Crippen molar-refractivity contribution in [2.45, 2.75) is 95.3 Å². The lowest BCUT2D eigenvalue weighted by Gasteiger charge is -2.22. The zero-order valence-electron chi connectivity index (χ0n) is 17.0. The maximum Gasteiger partial charge on any atom is -0.0162 e. The summed E-state index contributed by atoms with van der Waals surface area (Å²) < 4.78 is 0. The van der Waals surface area contributed by atoms with Crippen molar-refractivity contribution in [3.63, 3.8) is 0 Å². The third kappa shape index (κ3) is 5.24. The maximum absolute atomic E-state index is 2.41. The van der Waals surface area contributed by atoms with E-state index in [-0.39, 0.29) is 0 Å². The van der Waals surface area contributed by atoms with Gasteiger partial charge in [0.15, 0.2) is 0 Å². The molecule has 2 aromatic carbocycles. The lowest BCUT2D eigenvalue weighted by atomic mass is 9.83. The van der Waals surface area contributed by atoms with Crippen molar-refractivity contribution in [1.29, 1.82) is 0 Å². The number of rotatable bonds is 6. The molecule has 0 bridgehead atoms. The van der Waals surface area contributed by atoms with Crippen LogP contribution in [0.15, 0.2) is 48.5 Å². The zero-order valence-corrected chi connectivity index (χ0v) is 17.0. The predicted octanol–water partition coefficient (Wildman–Crippen LogP) is 7.96. The molecule has 2 fully saturated rings. The van der Waals surface area contributed by atoms with Gasteiger partial charge in [-0.05, 0) is 79.0 Å². The molecule has 0 heteroatoms.